The topological polar surface area (TPSA) is 58.4 Å². The summed E-state index contributed by atoms with van der Waals surface area (Å²) in [5.74, 6) is 0.733. The van der Waals surface area contributed by atoms with Gasteiger partial charge in [-0.25, -0.2) is 4.98 Å². The van der Waals surface area contributed by atoms with E-state index in [1.807, 2.05) is 30.3 Å². The first-order chi connectivity index (χ1) is 9.13. The summed E-state index contributed by atoms with van der Waals surface area (Å²) >= 11 is 1.62. The maximum Gasteiger partial charge on any atom is 0.234 e. The van der Waals surface area contributed by atoms with E-state index in [1.54, 1.807) is 23.7 Å². The minimum atomic E-state index is -0.0224. The molecule has 0 saturated carbocycles. The van der Waals surface area contributed by atoms with Gasteiger partial charge in [-0.05, 0) is 26.1 Å². The van der Waals surface area contributed by atoms with Gasteiger partial charge in [-0.15, -0.1) is 11.3 Å². The van der Waals surface area contributed by atoms with Crippen molar-refractivity contribution in [1.82, 2.24) is 15.2 Å². The standard InChI is InChI=1S/C13H17N3O2S/c1-10-15-11(9-19-10)7-16(2)8-13(17)14-6-12-4-3-5-18-12/h3-5,9H,6-8H2,1-2H3,(H,14,17). The Morgan fingerprint density at radius 1 is 1.58 bits per heavy atom. The van der Waals surface area contributed by atoms with Gasteiger partial charge < -0.3 is 9.73 Å². The van der Waals surface area contributed by atoms with Gasteiger partial charge in [0, 0.05) is 11.9 Å². The highest BCUT2D eigenvalue weighted by molar-refractivity contribution is 7.09. The maximum absolute atomic E-state index is 11.7. The van der Waals surface area contributed by atoms with Crippen LogP contribution < -0.4 is 5.32 Å². The van der Waals surface area contributed by atoms with Gasteiger partial charge in [0.2, 0.25) is 5.91 Å². The first-order valence-electron chi connectivity index (χ1n) is 6.02. The molecule has 0 aliphatic heterocycles. The largest absolute Gasteiger partial charge is 0.467 e. The van der Waals surface area contributed by atoms with Gasteiger partial charge in [0.1, 0.15) is 5.76 Å². The second-order valence-electron chi connectivity index (χ2n) is 4.39. The number of carbonyl (C=O) groups is 1. The summed E-state index contributed by atoms with van der Waals surface area (Å²) in [6, 6.07) is 3.64. The molecule has 0 saturated heterocycles. The summed E-state index contributed by atoms with van der Waals surface area (Å²) in [4.78, 5) is 18.0. The monoisotopic (exact) mass is 279 g/mol. The Morgan fingerprint density at radius 2 is 2.42 bits per heavy atom. The first-order valence-corrected chi connectivity index (χ1v) is 6.90. The van der Waals surface area contributed by atoms with Crippen molar-refractivity contribution in [2.45, 2.75) is 20.0 Å². The van der Waals surface area contributed by atoms with Crippen LogP contribution in [0.4, 0.5) is 0 Å². The number of amides is 1. The van der Waals surface area contributed by atoms with E-state index in [4.69, 9.17) is 4.42 Å². The van der Waals surface area contributed by atoms with Gasteiger partial charge in [-0.3, -0.25) is 9.69 Å². The molecule has 2 rings (SSSR count). The second kappa shape index (κ2) is 6.49. The SMILES string of the molecule is Cc1nc(CN(C)CC(=O)NCc2ccco2)cs1. The Labute approximate surface area is 116 Å². The molecule has 0 spiro atoms. The Kier molecular flexibility index (Phi) is 4.70. The van der Waals surface area contributed by atoms with E-state index in [-0.39, 0.29) is 5.91 Å². The summed E-state index contributed by atoms with van der Waals surface area (Å²) in [5, 5.41) is 5.88. The van der Waals surface area contributed by atoms with E-state index in [2.05, 4.69) is 10.3 Å². The molecule has 0 aliphatic carbocycles. The third-order valence-corrected chi connectivity index (χ3v) is 3.37. The highest BCUT2D eigenvalue weighted by Crippen LogP contribution is 2.09. The van der Waals surface area contributed by atoms with Crippen molar-refractivity contribution in [2.24, 2.45) is 0 Å². The molecule has 6 heteroatoms. The summed E-state index contributed by atoms with van der Waals surface area (Å²) < 4.78 is 5.15. The quantitative estimate of drug-likeness (QED) is 0.876. The third kappa shape index (κ3) is 4.50. The number of carbonyl (C=O) groups excluding carboxylic acids is 1. The molecular formula is C13H17N3O2S. The Hall–Kier alpha value is -1.66. The highest BCUT2D eigenvalue weighted by Gasteiger charge is 2.09. The molecule has 1 N–H and O–H groups in total. The fourth-order valence-electron chi connectivity index (χ4n) is 1.71. The van der Waals surface area contributed by atoms with Gasteiger partial charge in [0.15, 0.2) is 0 Å². The van der Waals surface area contributed by atoms with E-state index in [1.165, 1.54) is 0 Å². The molecular weight excluding hydrogens is 262 g/mol. The van der Waals surface area contributed by atoms with E-state index in [0.29, 0.717) is 19.6 Å². The van der Waals surface area contributed by atoms with Crippen LogP contribution in [0, 0.1) is 6.92 Å². The van der Waals surface area contributed by atoms with E-state index in [0.717, 1.165) is 16.5 Å². The first kappa shape index (κ1) is 13.8. The average molecular weight is 279 g/mol. The van der Waals surface area contributed by atoms with Crippen LogP contribution in [0.5, 0.6) is 0 Å². The Morgan fingerprint density at radius 3 is 3.05 bits per heavy atom. The molecule has 0 fully saturated rings. The number of hydrogen-bond donors (Lipinski definition) is 1. The smallest absolute Gasteiger partial charge is 0.234 e. The van der Waals surface area contributed by atoms with Crippen molar-refractivity contribution < 1.29 is 9.21 Å². The fourth-order valence-corrected chi connectivity index (χ4v) is 2.32. The van der Waals surface area contributed by atoms with Gasteiger partial charge in [0.25, 0.3) is 0 Å². The lowest BCUT2D eigenvalue weighted by molar-refractivity contribution is -0.122. The second-order valence-corrected chi connectivity index (χ2v) is 5.45. The van der Waals surface area contributed by atoms with Crippen LogP contribution in [0.1, 0.15) is 16.5 Å². The number of thiazole rings is 1. The average Bonchev–Trinajstić information content (AvgIpc) is 2.98. The number of likely N-dealkylation sites (N-methyl/N-ethyl adjacent to an activating group) is 1. The Bertz CT molecular complexity index is 522. The number of hydrogen-bond acceptors (Lipinski definition) is 5. The van der Waals surface area contributed by atoms with Crippen molar-refractivity contribution in [2.75, 3.05) is 13.6 Å². The van der Waals surface area contributed by atoms with Crippen LogP contribution >= 0.6 is 11.3 Å². The molecule has 102 valence electrons. The van der Waals surface area contributed by atoms with Crippen molar-refractivity contribution in [3.63, 3.8) is 0 Å². The number of rotatable bonds is 6. The lowest BCUT2D eigenvalue weighted by Crippen LogP contribution is -2.34. The van der Waals surface area contributed by atoms with Crippen LogP contribution in [0.15, 0.2) is 28.2 Å². The number of furan rings is 1. The number of nitrogens with one attached hydrogen (secondary N) is 1. The molecule has 2 heterocycles. The highest BCUT2D eigenvalue weighted by atomic mass is 32.1. The summed E-state index contributed by atoms with van der Waals surface area (Å²) in [7, 11) is 1.90. The molecule has 0 radical (unpaired) electrons. The van der Waals surface area contributed by atoms with Crippen molar-refractivity contribution in [1.29, 1.82) is 0 Å². The zero-order valence-electron chi connectivity index (χ0n) is 11.0. The van der Waals surface area contributed by atoms with Gasteiger partial charge in [-0.1, -0.05) is 0 Å². The van der Waals surface area contributed by atoms with Crippen molar-refractivity contribution in [3.8, 4) is 0 Å². The molecule has 0 aliphatic rings. The maximum atomic E-state index is 11.7. The van der Waals surface area contributed by atoms with Gasteiger partial charge in [0.05, 0.1) is 30.1 Å². The van der Waals surface area contributed by atoms with Crippen LogP contribution in [0.2, 0.25) is 0 Å². The molecule has 2 aromatic heterocycles. The van der Waals surface area contributed by atoms with Crippen molar-refractivity contribution >= 4 is 17.2 Å². The number of nitrogens with zero attached hydrogens (tertiary/aromatic N) is 2. The Balaban J connectivity index is 1.72. The van der Waals surface area contributed by atoms with Crippen LogP contribution in [0.25, 0.3) is 0 Å². The molecule has 2 aromatic rings. The van der Waals surface area contributed by atoms with Gasteiger partial charge in [-0.2, -0.15) is 0 Å². The predicted molar refractivity (Wildman–Crippen MR) is 73.7 cm³/mol. The summed E-state index contributed by atoms with van der Waals surface area (Å²) in [6.45, 7) is 3.43. The molecule has 5 nitrogen and oxygen atoms in total. The minimum Gasteiger partial charge on any atom is -0.467 e. The van der Waals surface area contributed by atoms with E-state index in [9.17, 15) is 4.79 Å². The van der Waals surface area contributed by atoms with E-state index >= 15 is 0 Å². The normalized spacial score (nSPS) is 10.9. The van der Waals surface area contributed by atoms with E-state index < -0.39 is 0 Å². The summed E-state index contributed by atoms with van der Waals surface area (Å²) in [6.07, 6.45) is 1.60. The number of aryl methyl sites for hydroxylation is 1. The number of aromatic nitrogens is 1. The molecule has 0 atom stereocenters. The lowest BCUT2D eigenvalue weighted by Gasteiger charge is -2.14. The van der Waals surface area contributed by atoms with Gasteiger partial charge >= 0.3 is 0 Å². The predicted octanol–water partition coefficient (Wildman–Crippen LogP) is 1.79. The van der Waals surface area contributed by atoms with Crippen LogP contribution in [0.3, 0.4) is 0 Å². The van der Waals surface area contributed by atoms with Crippen LogP contribution in [-0.2, 0) is 17.9 Å². The fraction of sp³-hybridized carbons (Fsp3) is 0.385. The molecule has 0 aromatic carbocycles. The molecule has 19 heavy (non-hydrogen) atoms. The molecule has 0 bridgehead atoms. The zero-order valence-corrected chi connectivity index (χ0v) is 11.9. The van der Waals surface area contributed by atoms with Crippen LogP contribution in [-0.4, -0.2) is 29.4 Å². The molecule has 0 unspecified atom stereocenters. The third-order valence-electron chi connectivity index (χ3n) is 2.55. The zero-order chi connectivity index (χ0) is 13.7. The minimum absolute atomic E-state index is 0.0224. The summed E-state index contributed by atoms with van der Waals surface area (Å²) in [5.41, 5.74) is 1.00. The van der Waals surface area contributed by atoms with Crippen molar-refractivity contribution in [3.05, 3.63) is 40.2 Å². The molecule has 1 amide bonds. The lowest BCUT2D eigenvalue weighted by atomic mass is 10.4.